The highest BCUT2D eigenvalue weighted by Gasteiger charge is 2.46. The zero-order chi connectivity index (χ0) is 13.5. The van der Waals surface area contributed by atoms with Crippen molar-refractivity contribution in [3.8, 4) is 0 Å². The molecule has 1 heterocycles. The molecule has 0 aromatic heterocycles. The van der Waals surface area contributed by atoms with Crippen molar-refractivity contribution in [1.29, 1.82) is 0 Å². The molecule has 1 aliphatic carbocycles. The molecule has 4 unspecified atom stereocenters. The van der Waals surface area contributed by atoms with E-state index in [2.05, 4.69) is 61.3 Å². The normalized spacial score (nSPS) is 39.2. The fourth-order valence-electron chi connectivity index (χ4n) is 3.36. The largest absolute Gasteiger partial charge is 0.308 e. The van der Waals surface area contributed by atoms with Gasteiger partial charge in [-0.25, -0.2) is 0 Å². The van der Waals surface area contributed by atoms with Crippen molar-refractivity contribution in [2.45, 2.75) is 51.2 Å². The monoisotopic (exact) mass is 258 g/mol. The molecule has 1 aromatic carbocycles. The summed E-state index contributed by atoms with van der Waals surface area (Å²) < 4.78 is 0. The van der Waals surface area contributed by atoms with Gasteiger partial charge in [-0.15, -0.1) is 0 Å². The topological polar surface area (TPSA) is 15.3 Å². The highest BCUT2D eigenvalue weighted by atomic mass is 15.3. The third-order valence-corrected chi connectivity index (χ3v) is 5.11. The van der Waals surface area contributed by atoms with Gasteiger partial charge in [-0.3, -0.25) is 4.90 Å². The van der Waals surface area contributed by atoms with Crippen molar-refractivity contribution < 1.29 is 0 Å². The lowest BCUT2D eigenvalue weighted by Gasteiger charge is -2.46. The Kier molecular flexibility index (Phi) is 3.40. The number of rotatable bonds is 3. The number of nitrogens with zero attached hydrogens (tertiary/aromatic N) is 1. The summed E-state index contributed by atoms with van der Waals surface area (Å²) in [6.45, 7) is 9.31. The Morgan fingerprint density at radius 1 is 1.32 bits per heavy atom. The van der Waals surface area contributed by atoms with Crippen molar-refractivity contribution >= 4 is 0 Å². The molecule has 104 valence electrons. The highest BCUT2D eigenvalue weighted by molar-refractivity contribution is 5.22. The Hall–Kier alpha value is -0.860. The van der Waals surface area contributed by atoms with Gasteiger partial charge in [0.05, 0.1) is 0 Å². The standard InChI is InChI=1S/C17H26N2/c1-4-17(3)12-19(15-10-13(15)2)16(11-18-17)14-8-6-5-7-9-14/h5-9,13,15-16,18H,4,10-12H2,1-3H3. The quantitative estimate of drug-likeness (QED) is 0.895. The van der Waals surface area contributed by atoms with Crippen LogP contribution in [0.25, 0.3) is 0 Å². The molecule has 1 saturated heterocycles. The summed E-state index contributed by atoms with van der Waals surface area (Å²) in [7, 11) is 0. The first-order valence-electron chi connectivity index (χ1n) is 7.69. The third kappa shape index (κ3) is 2.56. The van der Waals surface area contributed by atoms with Crippen LogP contribution in [-0.4, -0.2) is 29.6 Å². The van der Waals surface area contributed by atoms with E-state index in [1.54, 1.807) is 0 Å². The van der Waals surface area contributed by atoms with Crippen LogP contribution in [0.1, 0.15) is 45.2 Å². The van der Waals surface area contributed by atoms with Gasteiger partial charge in [-0.1, -0.05) is 44.2 Å². The summed E-state index contributed by atoms with van der Waals surface area (Å²) >= 11 is 0. The molecule has 0 bridgehead atoms. The van der Waals surface area contributed by atoms with Gasteiger partial charge in [-0.05, 0) is 31.2 Å². The van der Waals surface area contributed by atoms with Gasteiger partial charge < -0.3 is 5.32 Å². The maximum Gasteiger partial charge on any atom is 0.0476 e. The van der Waals surface area contributed by atoms with E-state index in [0.29, 0.717) is 6.04 Å². The minimum absolute atomic E-state index is 0.285. The second kappa shape index (κ2) is 4.92. The molecule has 2 fully saturated rings. The van der Waals surface area contributed by atoms with Crippen LogP contribution in [0.2, 0.25) is 0 Å². The Bertz CT molecular complexity index is 430. The fourth-order valence-corrected chi connectivity index (χ4v) is 3.36. The predicted molar refractivity (Wildman–Crippen MR) is 80.2 cm³/mol. The Labute approximate surface area is 117 Å². The summed E-state index contributed by atoms with van der Waals surface area (Å²) in [6, 6.07) is 12.4. The van der Waals surface area contributed by atoms with Crippen LogP contribution in [0.3, 0.4) is 0 Å². The molecular weight excluding hydrogens is 232 g/mol. The molecule has 2 nitrogen and oxygen atoms in total. The van der Waals surface area contributed by atoms with Crippen LogP contribution < -0.4 is 5.32 Å². The van der Waals surface area contributed by atoms with Gasteiger partial charge in [0.15, 0.2) is 0 Å². The second-order valence-electron chi connectivity index (χ2n) is 6.67. The highest BCUT2D eigenvalue weighted by Crippen LogP contribution is 2.42. The molecule has 3 rings (SSSR count). The van der Waals surface area contributed by atoms with Crippen LogP contribution in [0.15, 0.2) is 30.3 Å². The van der Waals surface area contributed by atoms with Gasteiger partial charge in [-0.2, -0.15) is 0 Å². The van der Waals surface area contributed by atoms with Gasteiger partial charge in [0.2, 0.25) is 0 Å². The zero-order valence-corrected chi connectivity index (χ0v) is 12.4. The molecule has 0 amide bonds. The first-order chi connectivity index (χ1) is 9.13. The maximum atomic E-state index is 3.78. The minimum atomic E-state index is 0.285. The van der Waals surface area contributed by atoms with Crippen molar-refractivity contribution in [2.24, 2.45) is 5.92 Å². The summed E-state index contributed by atoms with van der Waals surface area (Å²) in [5.74, 6) is 0.880. The Balaban J connectivity index is 1.83. The molecule has 4 atom stereocenters. The van der Waals surface area contributed by atoms with E-state index in [9.17, 15) is 0 Å². The average Bonchev–Trinajstić information content (AvgIpc) is 3.17. The minimum Gasteiger partial charge on any atom is -0.308 e. The van der Waals surface area contributed by atoms with Crippen molar-refractivity contribution in [1.82, 2.24) is 10.2 Å². The van der Waals surface area contributed by atoms with E-state index in [4.69, 9.17) is 0 Å². The number of hydrogen-bond donors (Lipinski definition) is 1. The lowest BCUT2D eigenvalue weighted by Crippen LogP contribution is -2.60. The van der Waals surface area contributed by atoms with E-state index in [0.717, 1.165) is 18.5 Å². The molecule has 1 N–H and O–H groups in total. The molecule has 2 heteroatoms. The van der Waals surface area contributed by atoms with Crippen molar-refractivity contribution in [3.05, 3.63) is 35.9 Å². The lowest BCUT2D eigenvalue weighted by atomic mass is 9.91. The van der Waals surface area contributed by atoms with Crippen molar-refractivity contribution in [3.63, 3.8) is 0 Å². The number of benzene rings is 1. The van der Waals surface area contributed by atoms with E-state index in [1.165, 1.54) is 24.9 Å². The Morgan fingerprint density at radius 3 is 2.58 bits per heavy atom. The van der Waals surface area contributed by atoms with Gasteiger partial charge in [0, 0.05) is 30.7 Å². The average molecular weight is 258 g/mol. The summed E-state index contributed by atoms with van der Waals surface area (Å²) in [6.07, 6.45) is 2.58. The van der Waals surface area contributed by atoms with Gasteiger partial charge >= 0.3 is 0 Å². The predicted octanol–water partition coefficient (Wildman–Crippen LogP) is 3.21. The Morgan fingerprint density at radius 2 is 2.00 bits per heavy atom. The zero-order valence-electron chi connectivity index (χ0n) is 12.4. The number of nitrogens with one attached hydrogen (secondary N) is 1. The summed E-state index contributed by atoms with van der Waals surface area (Å²) in [5.41, 5.74) is 1.75. The van der Waals surface area contributed by atoms with Crippen LogP contribution in [0.5, 0.6) is 0 Å². The lowest BCUT2D eigenvalue weighted by molar-refractivity contribution is 0.0728. The molecule has 0 radical (unpaired) electrons. The number of piperazine rings is 1. The van der Waals surface area contributed by atoms with Crippen LogP contribution >= 0.6 is 0 Å². The van der Waals surface area contributed by atoms with Crippen LogP contribution in [0, 0.1) is 5.92 Å². The third-order valence-electron chi connectivity index (χ3n) is 5.11. The molecule has 1 aliphatic heterocycles. The SMILES string of the molecule is CCC1(C)CN(C2CC2C)C(c2ccccc2)CN1. The van der Waals surface area contributed by atoms with E-state index in [1.807, 2.05) is 0 Å². The van der Waals surface area contributed by atoms with Crippen LogP contribution in [0.4, 0.5) is 0 Å². The fraction of sp³-hybridized carbons (Fsp3) is 0.647. The second-order valence-corrected chi connectivity index (χ2v) is 6.67. The van der Waals surface area contributed by atoms with E-state index < -0.39 is 0 Å². The van der Waals surface area contributed by atoms with Gasteiger partial charge in [0.1, 0.15) is 0 Å². The molecule has 1 saturated carbocycles. The first kappa shape index (κ1) is 13.1. The maximum absolute atomic E-state index is 3.78. The smallest absolute Gasteiger partial charge is 0.0476 e. The van der Waals surface area contributed by atoms with Gasteiger partial charge in [0.25, 0.3) is 0 Å². The molecule has 19 heavy (non-hydrogen) atoms. The van der Waals surface area contributed by atoms with Crippen molar-refractivity contribution in [2.75, 3.05) is 13.1 Å². The molecule has 1 aromatic rings. The first-order valence-corrected chi connectivity index (χ1v) is 7.69. The van der Waals surface area contributed by atoms with Crippen LogP contribution in [-0.2, 0) is 0 Å². The molecular formula is C17H26N2. The summed E-state index contributed by atoms with van der Waals surface area (Å²) in [4.78, 5) is 2.76. The molecule has 0 spiro atoms. The molecule has 2 aliphatic rings. The summed E-state index contributed by atoms with van der Waals surface area (Å²) in [5, 5.41) is 3.78. The number of hydrogen-bond acceptors (Lipinski definition) is 2. The van der Waals surface area contributed by atoms with E-state index >= 15 is 0 Å². The van der Waals surface area contributed by atoms with E-state index in [-0.39, 0.29) is 5.54 Å².